The second-order valence-electron chi connectivity index (χ2n) is 7.38. The minimum absolute atomic E-state index is 0.0280. The van der Waals surface area contributed by atoms with E-state index in [-0.39, 0.29) is 23.6 Å². The van der Waals surface area contributed by atoms with Crippen LogP contribution in [0.15, 0.2) is 71.3 Å². The number of aromatic nitrogens is 1. The van der Waals surface area contributed by atoms with Gasteiger partial charge in [-0.15, -0.1) is 0 Å². The highest BCUT2D eigenvalue weighted by Crippen LogP contribution is 2.20. The number of amides is 2. The van der Waals surface area contributed by atoms with Gasteiger partial charge >= 0.3 is 0 Å². The van der Waals surface area contributed by atoms with E-state index >= 15 is 0 Å². The zero-order chi connectivity index (χ0) is 20.8. The molecule has 0 spiro atoms. The number of likely N-dealkylation sites (tertiary alicyclic amines) is 1. The van der Waals surface area contributed by atoms with E-state index in [0.717, 1.165) is 37.2 Å². The van der Waals surface area contributed by atoms with Crippen LogP contribution in [0.5, 0.6) is 0 Å². The van der Waals surface area contributed by atoms with E-state index in [4.69, 9.17) is 4.52 Å². The zero-order valence-electron chi connectivity index (χ0n) is 16.6. The smallest absolute Gasteiger partial charge is 0.273 e. The molecule has 4 rings (SSSR count). The van der Waals surface area contributed by atoms with Gasteiger partial charge in [0.2, 0.25) is 5.91 Å². The first-order valence-corrected chi connectivity index (χ1v) is 10.1. The number of nitrogens with zero attached hydrogens (tertiary/aromatic N) is 2. The van der Waals surface area contributed by atoms with E-state index < -0.39 is 0 Å². The SMILES string of the molecule is O=C(CN1CCC(NC(=O)c2cc(-c3ccccc3)on2)CC1)Nc1ccccc1. The topological polar surface area (TPSA) is 87.5 Å². The number of benzene rings is 2. The van der Waals surface area contributed by atoms with Crippen LogP contribution in [0.2, 0.25) is 0 Å². The standard InChI is InChI=1S/C23H24N4O3/c28-22(24-18-9-5-2-6-10-18)16-27-13-11-19(12-14-27)25-23(29)20-15-21(30-26-20)17-7-3-1-4-8-17/h1-10,15,19H,11-14,16H2,(H,24,28)(H,25,29). The number of carbonyl (C=O) groups is 2. The van der Waals surface area contributed by atoms with Crippen molar-refractivity contribution in [2.45, 2.75) is 18.9 Å². The molecule has 1 fully saturated rings. The molecule has 2 amide bonds. The van der Waals surface area contributed by atoms with Gasteiger partial charge < -0.3 is 15.2 Å². The van der Waals surface area contributed by atoms with Gasteiger partial charge in [0.1, 0.15) is 0 Å². The van der Waals surface area contributed by atoms with Crippen LogP contribution >= 0.6 is 0 Å². The Morgan fingerprint density at radius 2 is 1.67 bits per heavy atom. The van der Waals surface area contributed by atoms with E-state index in [9.17, 15) is 9.59 Å². The highest BCUT2D eigenvalue weighted by molar-refractivity contribution is 5.93. The molecule has 1 aliphatic rings. The fraction of sp³-hybridized carbons (Fsp3) is 0.261. The quantitative estimate of drug-likeness (QED) is 0.659. The summed E-state index contributed by atoms with van der Waals surface area (Å²) in [5.74, 6) is 0.306. The number of nitrogens with one attached hydrogen (secondary N) is 2. The fourth-order valence-electron chi connectivity index (χ4n) is 3.54. The normalized spacial score (nSPS) is 14.9. The molecule has 7 heteroatoms. The summed E-state index contributed by atoms with van der Waals surface area (Å²) in [4.78, 5) is 26.8. The van der Waals surface area contributed by atoms with Gasteiger partial charge in [-0.2, -0.15) is 0 Å². The Bertz CT molecular complexity index is 980. The molecule has 1 saturated heterocycles. The van der Waals surface area contributed by atoms with Gasteiger partial charge in [0, 0.05) is 36.4 Å². The Labute approximate surface area is 175 Å². The summed E-state index contributed by atoms with van der Waals surface area (Å²) in [6.45, 7) is 1.85. The minimum atomic E-state index is -0.235. The predicted molar refractivity (Wildman–Crippen MR) is 114 cm³/mol. The monoisotopic (exact) mass is 404 g/mol. The van der Waals surface area contributed by atoms with Crippen LogP contribution in [-0.2, 0) is 4.79 Å². The molecule has 0 bridgehead atoms. The van der Waals surface area contributed by atoms with Crippen molar-refractivity contribution in [3.63, 3.8) is 0 Å². The van der Waals surface area contributed by atoms with E-state index in [2.05, 4.69) is 20.7 Å². The van der Waals surface area contributed by atoms with Crippen LogP contribution < -0.4 is 10.6 Å². The maximum absolute atomic E-state index is 12.5. The van der Waals surface area contributed by atoms with Crippen LogP contribution in [0, 0.1) is 0 Å². The molecule has 0 saturated carbocycles. The Kier molecular flexibility index (Phi) is 6.20. The Hall–Kier alpha value is -3.45. The molecular weight excluding hydrogens is 380 g/mol. The van der Waals surface area contributed by atoms with Crippen molar-refractivity contribution in [3.05, 3.63) is 72.4 Å². The molecular formula is C23H24N4O3. The van der Waals surface area contributed by atoms with E-state index in [1.54, 1.807) is 6.07 Å². The summed E-state index contributed by atoms with van der Waals surface area (Å²) >= 11 is 0. The molecule has 2 heterocycles. The summed E-state index contributed by atoms with van der Waals surface area (Å²) in [5.41, 5.74) is 1.96. The molecule has 1 aromatic heterocycles. The maximum Gasteiger partial charge on any atom is 0.273 e. The number of hydrogen-bond donors (Lipinski definition) is 2. The first-order chi connectivity index (χ1) is 14.7. The van der Waals surface area contributed by atoms with Gasteiger partial charge in [-0.1, -0.05) is 53.7 Å². The molecule has 2 aromatic carbocycles. The summed E-state index contributed by atoms with van der Waals surface area (Å²) in [6.07, 6.45) is 1.57. The fourth-order valence-corrected chi connectivity index (χ4v) is 3.54. The Balaban J connectivity index is 1.23. The van der Waals surface area contributed by atoms with Crippen molar-refractivity contribution in [3.8, 4) is 11.3 Å². The van der Waals surface area contributed by atoms with Crippen molar-refractivity contribution in [2.24, 2.45) is 0 Å². The molecule has 0 atom stereocenters. The van der Waals surface area contributed by atoms with Crippen LogP contribution in [0.4, 0.5) is 5.69 Å². The van der Waals surface area contributed by atoms with Crippen molar-refractivity contribution < 1.29 is 14.1 Å². The maximum atomic E-state index is 12.5. The number of anilines is 1. The summed E-state index contributed by atoms with van der Waals surface area (Å²) in [5, 5.41) is 9.83. The van der Waals surface area contributed by atoms with Gasteiger partial charge in [-0.05, 0) is 25.0 Å². The second-order valence-corrected chi connectivity index (χ2v) is 7.38. The Morgan fingerprint density at radius 3 is 2.37 bits per heavy atom. The van der Waals surface area contributed by atoms with Crippen molar-refractivity contribution >= 4 is 17.5 Å². The van der Waals surface area contributed by atoms with E-state index in [0.29, 0.717) is 12.3 Å². The van der Waals surface area contributed by atoms with Gasteiger partial charge in [0.25, 0.3) is 5.91 Å². The average Bonchev–Trinajstić information content (AvgIpc) is 3.27. The number of hydrogen-bond acceptors (Lipinski definition) is 5. The van der Waals surface area contributed by atoms with Gasteiger partial charge in [-0.3, -0.25) is 14.5 Å². The van der Waals surface area contributed by atoms with Crippen molar-refractivity contribution in [1.29, 1.82) is 0 Å². The average molecular weight is 404 g/mol. The Morgan fingerprint density at radius 1 is 1.00 bits per heavy atom. The van der Waals surface area contributed by atoms with E-state index in [1.165, 1.54) is 0 Å². The van der Waals surface area contributed by atoms with Crippen molar-refractivity contribution in [1.82, 2.24) is 15.4 Å². The lowest BCUT2D eigenvalue weighted by molar-refractivity contribution is -0.117. The lowest BCUT2D eigenvalue weighted by Gasteiger charge is -2.31. The number of carbonyl (C=O) groups excluding carboxylic acids is 2. The summed E-state index contributed by atoms with van der Waals surface area (Å²) < 4.78 is 5.31. The second kappa shape index (κ2) is 9.37. The van der Waals surface area contributed by atoms with Crippen LogP contribution in [0.3, 0.4) is 0 Å². The van der Waals surface area contributed by atoms with Gasteiger partial charge in [0.05, 0.1) is 6.54 Å². The molecule has 2 N–H and O–H groups in total. The molecule has 0 unspecified atom stereocenters. The van der Waals surface area contributed by atoms with Crippen LogP contribution in [0.25, 0.3) is 11.3 Å². The third-order valence-electron chi connectivity index (χ3n) is 5.15. The first kappa shape index (κ1) is 19.8. The van der Waals surface area contributed by atoms with Crippen LogP contribution in [-0.4, -0.2) is 47.5 Å². The first-order valence-electron chi connectivity index (χ1n) is 10.1. The van der Waals surface area contributed by atoms with Gasteiger partial charge in [0.15, 0.2) is 11.5 Å². The third kappa shape index (κ3) is 5.12. The number of piperidine rings is 1. The molecule has 30 heavy (non-hydrogen) atoms. The lowest BCUT2D eigenvalue weighted by atomic mass is 10.0. The van der Waals surface area contributed by atoms with Crippen LogP contribution in [0.1, 0.15) is 23.3 Å². The molecule has 154 valence electrons. The highest BCUT2D eigenvalue weighted by atomic mass is 16.5. The summed E-state index contributed by atoms with van der Waals surface area (Å²) in [7, 11) is 0. The largest absolute Gasteiger partial charge is 0.355 e. The molecule has 3 aromatic rings. The summed E-state index contributed by atoms with van der Waals surface area (Å²) in [6, 6.07) is 20.7. The predicted octanol–water partition coefficient (Wildman–Crippen LogP) is 3.17. The molecule has 1 aliphatic heterocycles. The van der Waals surface area contributed by atoms with Crippen molar-refractivity contribution in [2.75, 3.05) is 25.0 Å². The van der Waals surface area contributed by atoms with E-state index in [1.807, 2.05) is 60.7 Å². The third-order valence-corrected chi connectivity index (χ3v) is 5.15. The molecule has 0 radical (unpaired) electrons. The number of rotatable bonds is 6. The zero-order valence-corrected chi connectivity index (χ0v) is 16.6. The molecule has 7 nitrogen and oxygen atoms in total. The minimum Gasteiger partial charge on any atom is -0.355 e. The molecule has 0 aliphatic carbocycles. The van der Waals surface area contributed by atoms with Gasteiger partial charge in [-0.25, -0.2) is 0 Å². The highest BCUT2D eigenvalue weighted by Gasteiger charge is 2.24. The number of para-hydroxylation sites is 1. The lowest BCUT2D eigenvalue weighted by Crippen LogP contribution is -2.46.